The molecule has 0 amide bonds. The molecular formula is C15H31NOS. The lowest BCUT2D eigenvalue weighted by atomic mass is 9.91. The Kier molecular flexibility index (Phi) is 10.1. The zero-order chi connectivity index (χ0) is 13.1. The van der Waals surface area contributed by atoms with E-state index in [1.807, 2.05) is 0 Å². The molecule has 0 bridgehead atoms. The summed E-state index contributed by atoms with van der Waals surface area (Å²) in [6.45, 7) is 2.40. The van der Waals surface area contributed by atoms with Gasteiger partial charge in [0.25, 0.3) is 0 Å². The molecule has 0 aromatic heterocycles. The predicted molar refractivity (Wildman–Crippen MR) is 82.5 cm³/mol. The van der Waals surface area contributed by atoms with Crippen LogP contribution in [0.5, 0.6) is 0 Å². The van der Waals surface area contributed by atoms with Gasteiger partial charge in [-0.3, -0.25) is 4.90 Å². The van der Waals surface area contributed by atoms with E-state index in [1.165, 1.54) is 70.8 Å². The standard InChI is InChI=1S/C15H31NOS/c17-13-12-16(15-9-8-10-15)11-6-4-2-1-3-5-7-14-18/h15,17-18H,1-14H2. The molecule has 0 heterocycles. The molecule has 1 aliphatic rings. The zero-order valence-electron chi connectivity index (χ0n) is 11.8. The molecule has 0 saturated heterocycles. The number of rotatable bonds is 12. The van der Waals surface area contributed by atoms with Gasteiger partial charge in [0.2, 0.25) is 0 Å². The quantitative estimate of drug-likeness (QED) is 0.420. The average Bonchev–Trinajstić information content (AvgIpc) is 2.30. The monoisotopic (exact) mass is 273 g/mol. The van der Waals surface area contributed by atoms with Crippen LogP contribution in [0.3, 0.4) is 0 Å². The smallest absolute Gasteiger partial charge is 0.0558 e. The Balaban J connectivity index is 1.91. The molecule has 108 valence electrons. The highest BCUT2D eigenvalue weighted by Gasteiger charge is 2.23. The van der Waals surface area contributed by atoms with Crippen molar-refractivity contribution in [2.75, 3.05) is 25.4 Å². The van der Waals surface area contributed by atoms with Gasteiger partial charge in [0.15, 0.2) is 0 Å². The first-order chi connectivity index (χ1) is 8.88. The van der Waals surface area contributed by atoms with E-state index < -0.39 is 0 Å². The maximum Gasteiger partial charge on any atom is 0.0558 e. The van der Waals surface area contributed by atoms with Crippen LogP contribution in [0.1, 0.15) is 64.2 Å². The molecule has 1 N–H and O–H groups in total. The van der Waals surface area contributed by atoms with E-state index in [1.54, 1.807) is 0 Å². The second-order valence-corrected chi connectivity index (χ2v) is 5.99. The number of aliphatic hydroxyl groups is 1. The van der Waals surface area contributed by atoms with E-state index in [0.29, 0.717) is 6.61 Å². The summed E-state index contributed by atoms with van der Waals surface area (Å²) < 4.78 is 0. The van der Waals surface area contributed by atoms with Crippen LogP contribution in [-0.2, 0) is 0 Å². The average molecular weight is 273 g/mol. The normalized spacial score (nSPS) is 16.2. The number of hydrogen-bond acceptors (Lipinski definition) is 3. The molecule has 0 unspecified atom stereocenters. The SMILES string of the molecule is OCCN(CCCCCCCCCS)C1CCC1. The molecule has 1 aliphatic carbocycles. The first kappa shape index (κ1) is 16.3. The van der Waals surface area contributed by atoms with Crippen molar-refractivity contribution in [1.82, 2.24) is 4.90 Å². The fourth-order valence-electron chi connectivity index (χ4n) is 2.67. The summed E-state index contributed by atoms with van der Waals surface area (Å²) in [5, 5.41) is 9.08. The van der Waals surface area contributed by atoms with Crippen LogP contribution in [-0.4, -0.2) is 41.5 Å². The van der Waals surface area contributed by atoms with Crippen LogP contribution in [0.4, 0.5) is 0 Å². The van der Waals surface area contributed by atoms with Crippen LogP contribution in [0.2, 0.25) is 0 Å². The number of hydrogen-bond donors (Lipinski definition) is 2. The van der Waals surface area contributed by atoms with Gasteiger partial charge in [-0.05, 0) is 38.0 Å². The maximum atomic E-state index is 9.08. The first-order valence-electron chi connectivity index (χ1n) is 7.84. The minimum Gasteiger partial charge on any atom is -0.395 e. The van der Waals surface area contributed by atoms with Crippen LogP contribution >= 0.6 is 12.6 Å². The van der Waals surface area contributed by atoms with Crippen molar-refractivity contribution < 1.29 is 5.11 Å². The molecule has 1 rings (SSSR count). The van der Waals surface area contributed by atoms with Gasteiger partial charge in [-0.25, -0.2) is 0 Å². The molecule has 1 fully saturated rings. The summed E-state index contributed by atoms with van der Waals surface area (Å²) in [6.07, 6.45) is 13.5. The molecule has 0 aromatic carbocycles. The third-order valence-electron chi connectivity index (χ3n) is 4.08. The summed E-state index contributed by atoms with van der Waals surface area (Å²) in [4.78, 5) is 2.50. The van der Waals surface area contributed by atoms with E-state index in [9.17, 15) is 0 Å². The topological polar surface area (TPSA) is 23.5 Å². The van der Waals surface area contributed by atoms with Gasteiger partial charge in [-0.15, -0.1) is 0 Å². The van der Waals surface area contributed by atoms with Crippen molar-refractivity contribution in [1.29, 1.82) is 0 Å². The fourth-order valence-corrected chi connectivity index (χ4v) is 2.89. The Labute approximate surface area is 119 Å². The van der Waals surface area contributed by atoms with Gasteiger partial charge in [0.05, 0.1) is 6.61 Å². The Morgan fingerprint density at radius 2 is 1.50 bits per heavy atom. The highest BCUT2D eigenvalue weighted by atomic mass is 32.1. The molecule has 0 aromatic rings. The molecular weight excluding hydrogens is 242 g/mol. The zero-order valence-corrected chi connectivity index (χ0v) is 12.7. The van der Waals surface area contributed by atoms with Gasteiger partial charge < -0.3 is 5.11 Å². The molecule has 18 heavy (non-hydrogen) atoms. The largest absolute Gasteiger partial charge is 0.395 e. The van der Waals surface area contributed by atoms with Crippen LogP contribution < -0.4 is 0 Å². The molecule has 0 radical (unpaired) electrons. The highest BCUT2D eigenvalue weighted by Crippen LogP contribution is 2.24. The van der Waals surface area contributed by atoms with E-state index in [0.717, 1.165) is 18.3 Å². The van der Waals surface area contributed by atoms with Gasteiger partial charge in [-0.1, -0.05) is 38.5 Å². The molecule has 3 heteroatoms. The Morgan fingerprint density at radius 1 is 0.889 bits per heavy atom. The van der Waals surface area contributed by atoms with E-state index in [2.05, 4.69) is 17.5 Å². The van der Waals surface area contributed by atoms with Crippen LogP contribution in [0.15, 0.2) is 0 Å². The van der Waals surface area contributed by atoms with Gasteiger partial charge in [0, 0.05) is 12.6 Å². The number of thiol groups is 1. The Bertz CT molecular complexity index is 185. The fraction of sp³-hybridized carbons (Fsp3) is 1.00. The number of unbranched alkanes of at least 4 members (excludes halogenated alkanes) is 6. The van der Waals surface area contributed by atoms with Gasteiger partial charge in [0.1, 0.15) is 0 Å². The lowest BCUT2D eigenvalue weighted by Gasteiger charge is -2.37. The second kappa shape index (κ2) is 11.1. The highest BCUT2D eigenvalue weighted by molar-refractivity contribution is 7.80. The maximum absolute atomic E-state index is 9.08. The summed E-state index contributed by atoms with van der Waals surface area (Å²) in [7, 11) is 0. The molecule has 0 spiro atoms. The Morgan fingerprint density at radius 3 is 2.00 bits per heavy atom. The summed E-state index contributed by atoms with van der Waals surface area (Å²) in [5.41, 5.74) is 0. The van der Waals surface area contributed by atoms with E-state index in [4.69, 9.17) is 5.11 Å². The lowest BCUT2D eigenvalue weighted by Crippen LogP contribution is -2.42. The lowest BCUT2D eigenvalue weighted by molar-refractivity contribution is 0.0994. The van der Waals surface area contributed by atoms with Crippen molar-refractivity contribution in [3.05, 3.63) is 0 Å². The van der Waals surface area contributed by atoms with Crippen molar-refractivity contribution in [2.45, 2.75) is 70.3 Å². The van der Waals surface area contributed by atoms with Gasteiger partial charge >= 0.3 is 0 Å². The minimum atomic E-state index is 0.320. The first-order valence-corrected chi connectivity index (χ1v) is 8.47. The van der Waals surface area contributed by atoms with Crippen molar-refractivity contribution in [3.63, 3.8) is 0 Å². The summed E-state index contributed by atoms with van der Waals surface area (Å²) in [6, 6.07) is 0.785. The van der Waals surface area contributed by atoms with E-state index >= 15 is 0 Å². The van der Waals surface area contributed by atoms with Crippen molar-refractivity contribution in [2.24, 2.45) is 0 Å². The molecule has 1 saturated carbocycles. The summed E-state index contributed by atoms with van der Waals surface area (Å²) >= 11 is 4.23. The van der Waals surface area contributed by atoms with Gasteiger partial charge in [-0.2, -0.15) is 12.6 Å². The van der Waals surface area contributed by atoms with Crippen molar-refractivity contribution in [3.8, 4) is 0 Å². The molecule has 2 nitrogen and oxygen atoms in total. The van der Waals surface area contributed by atoms with Crippen LogP contribution in [0, 0.1) is 0 Å². The third kappa shape index (κ3) is 7.01. The number of nitrogens with zero attached hydrogens (tertiary/aromatic N) is 1. The van der Waals surface area contributed by atoms with E-state index in [-0.39, 0.29) is 0 Å². The molecule has 0 atom stereocenters. The second-order valence-electron chi connectivity index (χ2n) is 5.54. The van der Waals surface area contributed by atoms with Crippen LogP contribution in [0.25, 0.3) is 0 Å². The third-order valence-corrected chi connectivity index (χ3v) is 4.40. The summed E-state index contributed by atoms with van der Waals surface area (Å²) in [5.74, 6) is 1.04. The predicted octanol–water partition coefficient (Wildman–Crippen LogP) is 3.49. The van der Waals surface area contributed by atoms with Crippen molar-refractivity contribution >= 4 is 12.6 Å². The Hall–Kier alpha value is 0.270. The molecule has 0 aliphatic heterocycles. The minimum absolute atomic E-state index is 0.320. The number of aliphatic hydroxyl groups excluding tert-OH is 1.